The second kappa shape index (κ2) is 8.76. The van der Waals surface area contributed by atoms with Crippen molar-refractivity contribution in [2.75, 3.05) is 64.1 Å². The number of aliphatic imine (C=N–C) groups is 1. The van der Waals surface area contributed by atoms with Crippen molar-refractivity contribution < 1.29 is 4.74 Å². The maximum Gasteiger partial charge on any atom is 0.193 e. The molecular formula is C18H29N5OS. The van der Waals surface area contributed by atoms with Crippen molar-refractivity contribution in [2.45, 2.75) is 17.6 Å². The SMILES string of the molecule is CN=C(NCC1(SC)CCOCC1)N1CCN(c2ccccn2)CC1. The van der Waals surface area contributed by atoms with Crippen LogP contribution in [0.1, 0.15) is 12.8 Å². The summed E-state index contributed by atoms with van der Waals surface area (Å²) in [6.07, 6.45) is 6.27. The third-order valence-electron chi connectivity index (χ3n) is 5.17. The molecule has 2 saturated heterocycles. The highest BCUT2D eigenvalue weighted by molar-refractivity contribution is 8.00. The van der Waals surface area contributed by atoms with Crippen molar-refractivity contribution in [1.29, 1.82) is 0 Å². The molecule has 0 spiro atoms. The summed E-state index contributed by atoms with van der Waals surface area (Å²) in [4.78, 5) is 13.7. The van der Waals surface area contributed by atoms with Gasteiger partial charge in [-0.05, 0) is 31.2 Å². The predicted octanol–water partition coefficient (Wildman–Crippen LogP) is 1.69. The third-order valence-corrected chi connectivity index (χ3v) is 6.59. The van der Waals surface area contributed by atoms with Crippen LogP contribution in [-0.2, 0) is 4.74 Å². The van der Waals surface area contributed by atoms with Crippen molar-refractivity contribution >= 4 is 23.5 Å². The van der Waals surface area contributed by atoms with Crippen LogP contribution in [0.5, 0.6) is 0 Å². The van der Waals surface area contributed by atoms with Crippen molar-refractivity contribution in [3.63, 3.8) is 0 Å². The molecule has 0 aromatic carbocycles. The Hall–Kier alpha value is -1.47. The van der Waals surface area contributed by atoms with E-state index in [-0.39, 0.29) is 4.75 Å². The standard InChI is InChI=1S/C18H29N5OS/c1-19-17(21-15-18(25-2)6-13-24-14-7-18)23-11-9-22(10-12-23)16-5-3-4-8-20-16/h3-5,8H,6-7,9-15H2,1-2H3,(H,19,21). The van der Waals surface area contributed by atoms with Crippen molar-refractivity contribution in [3.8, 4) is 0 Å². The van der Waals surface area contributed by atoms with E-state index in [1.807, 2.05) is 37.1 Å². The van der Waals surface area contributed by atoms with Crippen LogP contribution in [-0.4, -0.2) is 79.8 Å². The lowest BCUT2D eigenvalue weighted by molar-refractivity contribution is 0.0781. The molecule has 1 aromatic heterocycles. The molecule has 2 fully saturated rings. The number of ether oxygens (including phenoxy) is 1. The van der Waals surface area contributed by atoms with Crippen molar-refractivity contribution in [1.82, 2.24) is 15.2 Å². The van der Waals surface area contributed by atoms with Gasteiger partial charge < -0.3 is 19.9 Å². The minimum absolute atomic E-state index is 0.268. The zero-order valence-electron chi connectivity index (χ0n) is 15.3. The second-order valence-corrected chi connectivity index (χ2v) is 7.84. The molecule has 7 heteroatoms. The number of pyridine rings is 1. The first-order valence-corrected chi connectivity index (χ1v) is 10.2. The number of nitrogens with zero attached hydrogens (tertiary/aromatic N) is 4. The predicted molar refractivity (Wildman–Crippen MR) is 106 cm³/mol. The fourth-order valence-electron chi connectivity index (χ4n) is 3.46. The summed E-state index contributed by atoms with van der Waals surface area (Å²) in [7, 11) is 1.88. The molecular weight excluding hydrogens is 334 g/mol. The van der Waals surface area contributed by atoms with Crippen LogP contribution in [0.15, 0.2) is 29.4 Å². The van der Waals surface area contributed by atoms with Gasteiger partial charge in [0.05, 0.1) is 0 Å². The van der Waals surface area contributed by atoms with Crippen molar-refractivity contribution in [2.24, 2.45) is 4.99 Å². The van der Waals surface area contributed by atoms with Crippen LogP contribution in [0.3, 0.4) is 0 Å². The van der Waals surface area contributed by atoms with E-state index >= 15 is 0 Å². The Morgan fingerprint density at radius 2 is 2.04 bits per heavy atom. The summed E-state index contributed by atoms with van der Waals surface area (Å²) in [5, 5.41) is 3.62. The van der Waals surface area contributed by atoms with Gasteiger partial charge >= 0.3 is 0 Å². The summed E-state index contributed by atoms with van der Waals surface area (Å²) < 4.78 is 5.80. The first kappa shape index (κ1) is 18.3. The molecule has 1 aromatic rings. The quantitative estimate of drug-likeness (QED) is 0.649. The van der Waals surface area contributed by atoms with Crippen LogP contribution in [0.25, 0.3) is 0 Å². The van der Waals surface area contributed by atoms with Crippen LogP contribution in [0, 0.1) is 0 Å². The summed E-state index contributed by atoms with van der Waals surface area (Å²) in [6, 6.07) is 6.09. The van der Waals surface area contributed by atoms with Gasteiger partial charge in [-0.3, -0.25) is 4.99 Å². The molecule has 3 heterocycles. The fraction of sp³-hybridized carbons (Fsp3) is 0.667. The third kappa shape index (κ3) is 4.58. The molecule has 2 aliphatic rings. The monoisotopic (exact) mass is 363 g/mol. The zero-order valence-corrected chi connectivity index (χ0v) is 16.1. The molecule has 1 N–H and O–H groups in total. The first-order valence-electron chi connectivity index (χ1n) is 9.01. The van der Waals surface area contributed by atoms with Gasteiger partial charge in [-0.15, -0.1) is 0 Å². The molecule has 3 rings (SSSR count). The van der Waals surface area contributed by atoms with Gasteiger partial charge in [0.15, 0.2) is 5.96 Å². The van der Waals surface area contributed by atoms with Gasteiger partial charge in [-0.2, -0.15) is 11.8 Å². The number of nitrogens with one attached hydrogen (secondary N) is 1. The van der Waals surface area contributed by atoms with Gasteiger partial charge in [0, 0.05) is 63.9 Å². The fourth-order valence-corrected chi connectivity index (χ4v) is 4.25. The molecule has 0 aliphatic carbocycles. The zero-order chi connectivity index (χ0) is 17.5. The molecule has 0 radical (unpaired) electrons. The molecule has 2 aliphatic heterocycles. The molecule has 0 bridgehead atoms. The topological polar surface area (TPSA) is 53.0 Å². The summed E-state index contributed by atoms with van der Waals surface area (Å²) in [5.74, 6) is 2.08. The smallest absolute Gasteiger partial charge is 0.193 e. The highest BCUT2D eigenvalue weighted by atomic mass is 32.2. The van der Waals surface area contributed by atoms with Crippen LogP contribution >= 0.6 is 11.8 Å². The maximum absolute atomic E-state index is 5.54. The van der Waals surface area contributed by atoms with Crippen LogP contribution in [0.2, 0.25) is 0 Å². The number of anilines is 1. The highest BCUT2D eigenvalue weighted by Gasteiger charge is 2.32. The van der Waals surface area contributed by atoms with Crippen molar-refractivity contribution in [3.05, 3.63) is 24.4 Å². The van der Waals surface area contributed by atoms with Gasteiger partial charge in [-0.1, -0.05) is 6.07 Å². The number of thioether (sulfide) groups is 1. The number of guanidine groups is 1. The van der Waals surface area contributed by atoms with E-state index in [9.17, 15) is 0 Å². The van der Waals surface area contributed by atoms with E-state index in [0.717, 1.165) is 70.6 Å². The Morgan fingerprint density at radius 3 is 2.64 bits per heavy atom. The lowest BCUT2D eigenvalue weighted by atomic mass is 9.99. The Balaban J connectivity index is 1.52. The molecule has 0 saturated carbocycles. The molecule has 0 unspecified atom stereocenters. The Kier molecular flexibility index (Phi) is 6.42. The lowest BCUT2D eigenvalue weighted by Gasteiger charge is -2.40. The minimum Gasteiger partial charge on any atom is -0.381 e. The van der Waals surface area contributed by atoms with E-state index in [4.69, 9.17) is 4.74 Å². The van der Waals surface area contributed by atoms with Crippen LogP contribution < -0.4 is 10.2 Å². The average molecular weight is 364 g/mol. The van der Waals surface area contributed by atoms with E-state index in [1.165, 1.54) is 0 Å². The minimum atomic E-state index is 0.268. The summed E-state index contributed by atoms with van der Waals surface area (Å²) >= 11 is 1.96. The molecule has 0 atom stereocenters. The number of piperazine rings is 1. The van der Waals surface area contributed by atoms with Gasteiger partial charge in [-0.25, -0.2) is 4.98 Å². The second-order valence-electron chi connectivity index (χ2n) is 6.56. The van der Waals surface area contributed by atoms with Gasteiger partial charge in [0.25, 0.3) is 0 Å². The summed E-state index contributed by atoms with van der Waals surface area (Å²) in [6.45, 7) is 6.55. The maximum atomic E-state index is 5.54. The van der Waals surface area contributed by atoms with Crippen LogP contribution in [0.4, 0.5) is 5.82 Å². The number of rotatable bonds is 4. The normalized spacial score (nSPS) is 21.3. The number of aromatic nitrogens is 1. The Bertz CT molecular complexity index is 554. The average Bonchev–Trinajstić information content (AvgIpc) is 2.70. The lowest BCUT2D eigenvalue weighted by Crippen LogP contribution is -2.55. The van der Waals surface area contributed by atoms with E-state index in [1.54, 1.807) is 0 Å². The Morgan fingerprint density at radius 1 is 1.28 bits per heavy atom. The van der Waals surface area contributed by atoms with Gasteiger partial charge in [0.2, 0.25) is 0 Å². The van der Waals surface area contributed by atoms with Gasteiger partial charge in [0.1, 0.15) is 5.82 Å². The number of hydrogen-bond donors (Lipinski definition) is 1. The van der Waals surface area contributed by atoms with E-state index in [2.05, 4.69) is 37.4 Å². The largest absolute Gasteiger partial charge is 0.381 e. The molecule has 25 heavy (non-hydrogen) atoms. The van der Waals surface area contributed by atoms with E-state index < -0.39 is 0 Å². The number of hydrogen-bond acceptors (Lipinski definition) is 5. The Labute approximate surface area is 155 Å². The highest BCUT2D eigenvalue weighted by Crippen LogP contribution is 2.33. The molecule has 6 nitrogen and oxygen atoms in total. The molecule has 0 amide bonds. The summed E-state index contributed by atoms with van der Waals surface area (Å²) in [5.41, 5.74) is 0. The van der Waals surface area contributed by atoms with E-state index in [0.29, 0.717) is 0 Å². The molecule has 138 valence electrons. The first-order chi connectivity index (χ1) is 12.3.